The van der Waals surface area contributed by atoms with Crippen molar-refractivity contribution in [2.45, 2.75) is 6.92 Å². The maximum absolute atomic E-state index is 13.1. The molecule has 0 saturated carbocycles. The van der Waals surface area contributed by atoms with Crippen LogP contribution in [0.2, 0.25) is 5.02 Å². The van der Waals surface area contributed by atoms with E-state index >= 15 is 0 Å². The van der Waals surface area contributed by atoms with Crippen LogP contribution in [0.15, 0.2) is 35.1 Å². The lowest BCUT2D eigenvalue weighted by Crippen LogP contribution is -1.99. The van der Waals surface area contributed by atoms with Gasteiger partial charge in [0.2, 0.25) is 0 Å². The number of nitrogens with zero attached hydrogens (tertiary/aromatic N) is 1. The summed E-state index contributed by atoms with van der Waals surface area (Å²) in [5.41, 5.74) is 2.29. The Morgan fingerprint density at radius 2 is 2.00 bits per heavy atom. The van der Waals surface area contributed by atoms with Crippen molar-refractivity contribution in [3.05, 3.63) is 45.9 Å². The Morgan fingerprint density at radius 3 is 2.68 bits per heavy atom. The lowest BCUT2D eigenvalue weighted by Gasteiger charge is -2.12. The summed E-state index contributed by atoms with van der Waals surface area (Å²) in [6, 6.07) is 4.52. The third-order valence-electron chi connectivity index (χ3n) is 2.40. The molecule has 2 rings (SSSR count). The molecule has 0 unspecified atom stereocenters. The minimum absolute atomic E-state index is 0.306. The van der Waals surface area contributed by atoms with Crippen molar-refractivity contribution in [3.63, 3.8) is 0 Å². The summed E-state index contributed by atoms with van der Waals surface area (Å²) in [6.07, 6.45) is 3.41. The molecule has 1 aromatic heterocycles. The van der Waals surface area contributed by atoms with Gasteiger partial charge in [-0.2, -0.15) is 0 Å². The highest BCUT2D eigenvalue weighted by molar-refractivity contribution is 9.10. The number of anilines is 3. The Kier molecular flexibility index (Phi) is 4.61. The van der Waals surface area contributed by atoms with Crippen LogP contribution >= 0.6 is 27.5 Å². The average Bonchev–Trinajstić information content (AvgIpc) is 2.35. The van der Waals surface area contributed by atoms with Gasteiger partial charge >= 0.3 is 0 Å². The standard InChI is InChI=1S/C13H12BrClFN3/c1-2-18-9-5-10(7-17-6-9)19-13-11(14)3-8(16)4-12(13)15/h3-7,18-19H,2H2,1H3. The second-order valence-corrected chi connectivity index (χ2v) is 5.12. The molecule has 2 aromatic rings. The summed E-state index contributed by atoms with van der Waals surface area (Å²) < 4.78 is 13.7. The van der Waals surface area contributed by atoms with Gasteiger partial charge in [0.05, 0.1) is 34.5 Å². The number of halogens is 3. The third-order valence-corrected chi connectivity index (χ3v) is 3.32. The van der Waals surface area contributed by atoms with Gasteiger partial charge in [-0.1, -0.05) is 11.6 Å². The lowest BCUT2D eigenvalue weighted by molar-refractivity contribution is 0.627. The van der Waals surface area contributed by atoms with Crippen LogP contribution in [0.1, 0.15) is 6.92 Å². The maximum Gasteiger partial charge on any atom is 0.125 e. The van der Waals surface area contributed by atoms with Gasteiger partial charge in [-0.05, 0) is 41.1 Å². The summed E-state index contributed by atoms with van der Waals surface area (Å²) in [5, 5.41) is 6.59. The van der Waals surface area contributed by atoms with Crippen LogP contribution in [0.4, 0.5) is 21.5 Å². The van der Waals surface area contributed by atoms with Crippen molar-refractivity contribution in [2.24, 2.45) is 0 Å². The molecule has 0 aliphatic carbocycles. The second kappa shape index (κ2) is 6.21. The quantitative estimate of drug-likeness (QED) is 0.835. The Hall–Kier alpha value is -1.33. The van der Waals surface area contributed by atoms with Crippen LogP contribution in [0, 0.1) is 5.82 Å². The van der Waals surface area contributed by atoms with Gasteiger partial charge < -0.3 is 10.6 Å². The molecule has 0 saturated heterocycles. The van der Waals surface area contributed by atoms with E-state index in [4.69, 9.17) is 11.6 Å². The van der Waals surface area contributed by atoms with Crippen molar-refractivity contribution in [2.75, 3.05) is 17.2 Å². The molecule has 0 aliphatic heterocycles. The summed E-state index contributed by atoms with van der Waals surface area (Å²) in [6.45, 7) is 2.82. The van der Waals surface area contributed by atoms with E-state index in [2.05, 4.69) is 31.5 Å². The van der Waals surface area contributed by atoms with E-state index in [0.717, 1.165) is 17.9 Å². The fourth-order valence-electron chi connectivity index (χ4n) is 1.62. The summed E-state index contributed by atoms with van der Waals surface area (Å²) in [4.78, 5) is 4.12. The number of pyridine rings is 1. The zero-order valence-electron chi connectivity index (χ0n) is 10.2. The van der Waals surface area contributed by atoms with Crippen molar-refractivity contribution >= 4 is 44.6 Å². The topological polar surface area (TPSA) is 37.0 Å². The molecule has 0 spiro atoms. The van der Waals surface area contributed by atoms with Crippen LogP contribution in [-0.2, 0) is 0 Å². The number of benzene rings is 1. The van der Waals surface area contributed by atoms with E-state index in [0.29, 0.717) is 15.2 Å². The molecular weight excluding hydrogens is 333 g/mol. The van der Waals surface area contributed by atoms with Crippen LogP contribution in [0.3, 0.4) is 0 Å². The first kappa shape index (κ1) is 14.1. The molecular formula is C13H12BrClFN3. The van der Waals surface area contributed by atoms with E-state index in [-0.39, 0.29) is 5.82 Å². The first-order valence-corrected chi connectivity index (χ1v) is 6.87. The summed E-state index contributed by atoms with van der Waals surface area (Å²) in [5.74, 6) is -0.387. The fourth-order valence-corrected chi connectivity index (χ4v) is 2.51. The van der Waals surface area contributed by atoms with Crippen LogP contribution in [0.5, 0.6) is 0 Å². The Bertz CT molecular complexity index is 569. The molecule has 3 nitrogen and oxygen atoms in total. The van der Waals surface area contributed by atoms with Crippen molar-refractivity contribution in [1.29, 1.82) is 0 Å². The van der Waals surface area contributed by atoms with Crippen molar-refractivity contribution < 1.29 is 4.39 Å². The van der Waals surface area contributed by atoms with Gasteiger partial charge in [-0.25, -0.2) is 4.39 Å². The summed E-state index contributed by atoms with van der Waals surface area (Å²) >= 11 is 9.30. The Balaban J connectivity index is 2.28. The normalized spacial score (nSPS) is 10.3. The highest BCUT2D eigenvalue weighted by Crippen LogP contribution is 2.34. The molecule has 19 heavy (non-hydrogen) atoms. The van der Waals surface area contributed by atoms with E-state index in [1.54, 1.807) is 12.4 Å². The van der Waals surface area contributed by atoms with Gasteiger partial charge in [0.15, 0.2) is 0 Å². The van der Waals surface area contributed by atoms with Crippen LogP contribution in [-0.4, -0.2) is 11.5 Å². The SMILES string of the molecule is CCNc1cncc(Nc2c(Cl)cc(F)cc2Br)c1. The van der Waals surface area contributed by atoms with Crippen molar-refractivity contribution in [1.82, 2.24) is 4.98 Å². The largest absolute Gasteiger partial charge is 0.384 e. The van der Waals surface area contributed by atoms with Gasteiger partial charge in [-0.15, -0.1) is 0 Å². The van der Waals surface area contributed by atoms with E-state index in [9.17, 15) is 4.39 Å². The molecule has 1 aromatic carbocycles. The molecule has 0 bridgehead atoms. The number of aromatic nitrogens is 1. The lowest BCUT2D eigenvalue weighted by atomic mass is 10.3. The van der Waals surface area contributed by atoms with E-state index in [1.165, 1.54) is 12.1 Å². The Labute approximate surface area is 124 Å². The first-order chi connectivity index (χ1) is 9.10. The maximum atomic E-state index is 13.1. The zero-order valence-corrected chi connectivity index (χ0v) is 12.5. The molecule has 0 amide bonds. The smallest absolute Gasteiger partial charge is 0.125 e. The number of hydrogen-bond donors (Lipinski definition) is 2. The second-order valence-electron chi connectivity index (χ2n) is 3.86. The van der Waals surface area contributed by atoms with E-state index < -0.39 is 0 Å². The van der Waals surface area contributed by atoms with Gasteiger partial charge in [0, 0.05) is 11.0 Å². The predicted molar refractivity (Wildman–Crippen MR) is 80.8 cm³/mol. The molecule has 0 radical (unpaired) electrons. The Morgan fingerprint density at radius 1 is 1.26 bits per heavy atom. The van der Waals surface area contributed by atoms with E-state index in [1.807, 2.05) is 13.0 Å². The van der Waals surface area contributed by atoms with Gasteiger partial charge in [0.1, 0.15) is 5.82 Å². The van der Waals surface area contributed by atoms with Gasteiger partial charge in [0.25, 0.3) is 0 Å². The molecule has 1 heterocycles. The zero-order chi connectivity index (χ0) is 13.8. The predicted octanol–water partition coefficient (Wildman–Crippen LogP) is 4.81. The first-order valence-electron chi connectivity index (χ1n) is 5.70. The molecule has 0 atom stereocenters. The number of hydrogen-bond acceptors (Lipinski definition) is 3. The van der Waals surface area contributed by atoms with Crippen LogP contribution < -0.4 is 10.6 Å². The third kappa shape index (κ3) is 3.58. The van der Waals surface area contributed by atoms with Crippen molar-refractivity contribution in [3.8, 4) is 0 Å². The minimum Gasteiger partial charge on any atom is -0.384 e. The fraction of sp³-hybridized carbons (Fsp3) is 0.154. The van der Waals surface area contributed by atoms with Crippen LogP contribution in [0.25, 0.3) is 0 Å². The highest BCUT2D eigenvalue weighted by Gasteiger charge is 2.08. The molecule has 0 aliphatic rings. The molecule has 100 valence electrons. The minimum atomic E-state index is -0.387. The summed E-state index contributed by atoms with van der Waals surface area (Å²) in [7, 11) is 0. The molecule has 2 N–H and O–H groups in total. The highest BCUT2D eigenvalue weighted by atomic mass is 79.9. The molecule has 6 heteroatoms. The monoisotopic (exact) mass is 343 g/mol. The number of rotatable bonds is 4. The molecule has 0 fully saturated rings. The average molecular weight is 345 g/mol. The number of nitrogens with one attached hydrogen (secondary N) is 2. The van der Waals surface area contributed by atoms with Gasteiger partial charge in [-0.3, -0.25) is 4.98 Å².